The number of halogens is 1. The minimum absolute atomic E-state index is 0.341. The second-order valence-electron chi connectivity index (χ2n) is 4.32. The van der Waals surface area contributed by atoms with E-state index in [4.69, 9.17) is 5.26 Å². The lowest BCUT2D eigenvalue weighted by Gasteiger charge is -2.08. The lowest BCUT2D eigenvalue weighted by Crippen LogP contribution is -2.02. The minimum Gasteiger partial charge on any atom is -0.381 e. The van der Waals surface area contributed by atoms with Crippen molar-refractivity contribution >= 4 is 5.69 Å². The average Bonchev–Trinajstić information content (AvgIpc) is 2.46. The summed E-state index contributed by atoms with van der Waals surface area (Å²) in [6, 6.07) is 14.5. The van der Waals surface area contributed by atoms with E-state index in [1.165, 1.54) is 11.6 Å². The fourth-order valence-electron chi connectivity index (χ4n) is 1.82. The van der Waals surface area contributed by atoms with Gasteiger partial charge in [-0.05, 0) is 36.2 Å². The Morgan fingerprint density at radius 2 is 1.89 bits per heavy atom. The van der Waals surface area contributed by atoms with Gasteiger partial charge < -0.3 is 5.32 Å². The highest BCUT2D eigenvalue weighted by atomic mass is 19.1. The van der Waals surface area contributed by atoms with Crippen LogP contribution in [0.1, 0.15) is 23.6 Å². The van der Waals surface area contributed by atoms with Gasteiger partial charge in [-0.2, -0.15) is 5.26 Å². The molecule has 0 aliphatic heterocycles. The molecule has 0 fully saturated rings. The fourth-order valence-corrected chi connectivity index (χ4v) is 1.82. The van der Waals surface area contributed by atoms with E-state index >= 15 is 0 Å². The van der Waals surface area contributed by atoms with Gasteiger partial charge in [0.2, 0.25) is 0 Å². The highest BCUT2D eigenvalue weighted by Crippen LogP contribution is 2.14. The van der Waals surface area contributed by atoms with E-state index in [2.05, 4.69) is 24.4 Å². The fraction of sp³-hybridized carbons (Fsp3) is 0.188. The van der Waals surface area contributed by atoms with E-state index < -0.39 is 0 Å². The first kappa shape index (κ1) is 13.1. The van der Waals surface area contributed by atoms with E-state index in [1.54, 1.807) is 12.1 Å². The molecular formula is C16H15FN2. The summed E-state index contributed by atoms with van der Waals surface area (Å²) in [6.07, 6.45) is 1.00. The summed E-state index contributed by atoms with van der Waals surface area (Å²) in [5.74, 6) is -0.350. The number of nitrogens with one attached hydrogen (secondary N) is 1. The molecule has 0 unspecified atom stereocenters. The summed E-state index contributed by atoms with van der Waals surface area (Å²) in [7, 11) is 0. The third kappa shape index (κ3) is 3.32. The lowest BCUT2D eigenvalue weighted by molar-refractivity contribution is 0.612. The summed E-state index contributed by atoms with van der Waals surface area (Å²) >= 11 is 0. The van der Waals surface area contributed by atoms with Gasteiger partial charge in [0, 0.05) is 17.8 Å². The Hall–Kier alpha value is -2.34. The van der Waals surface area contributed by atoms with Crippen LogP contribution in [0.15, 0.2) is 42.5 Å². The zero-order valence-corrected chi connectivity index (χ0v) is 10.8. The first-order valence-electron chi connectivity index (χ1n) is 6.24. The molecule has 0 amide bonds. The smallest absolute Gasteiger partial charge is 0.129 e. The highest BCUT2D eigenvalue weighted by molar-refractivity contribution is 5.45. The molecule has 0 saturated carbocycles. The lowest BCUT2D eigenvalue weighted by atomic mass is 10.1. The standard InChI is InChI=1S/C16H15FN2/c1-2-12-4-7-15(8-5-12)19-11-14-6-3-13(10-18)9-16(14)17/h3-9,19H,2,11H2,1H3. The van der Waals surface area contributed by atoms with Gasteiger partial charge in [-0.1, -0.05) is 25.1 Å². The number of hydrogen-bond donors (Lipinski definition) is 1. The number of nitriles is 1. The SMILES string of the molecule is CCc1ccc(NCc2ccc(C#N)cc2F)cc1. The van der Waals surface area contributed by atoms with Gasteiger partial charge in [0.15, 0.2) is 0 Å². The molecule has 2 aromatic rings. The number of nitrogens with zero attached hydrogens (tertiary/aromatic N) is 1. The topological polar surface area (TPSA) is 35.8 Å². The number of benzene rings is 2. The van der Waals surface area contributed by atoms with Crippen molar-refractivity contribution in [2.45, 2.75) is 19.9 Å². The van der Waals surface area contributed by atoms with Crippen LogP contribution in [0.5, 0.6) is 0 Å². The third-order valence-corrected chi connectivity index (χ3v) is 3.03. The van der Waals surface area contributed by atoms with Crippen molar-refractivity contribution in [3.8, 4) is 6.07 Å². The molecule has 96 valence electrons. The van der Waals surface area contributed by atoms with Crippen molar-refractivity contribution in [3.63, 3.8) is 0 Å². The van der Waals surface area contributed by atoms with Crippen LogP contribution in [0.3, 0.4) is 0 Å². The van der Waals surface area contributed by atoms with Gasteiger partial charge in [0.05, 0.1) is 11.6 Å². The Morgan fingerprint density at radius 1 is 1.16 bits per heavy atom. The van der Waals surface area contributed by atoms with Gasteiger partial charge in [-0.3, -0.25) is 0 Å². The van der Waals surface area contributed by atoms with Crippen LogP contribution in [0.25, 0.3) is 0 Å². The van der Waals surface area contributed by atoms with E-state index in [0.29, 0.717) is 17.7 Å². The number of hydrogen-bond acceptors (Lipinski definition) is 2. The van der Waals surface area contributed by atoms with Crippen molar-refractivity contribution in [1.82, 2.24) is 0 Å². The minimum atomic E-state index is -0.350. The third-order valence-electron chi connectivity index (χ3n) is 3.03. The molecule has 0 saturated heterocycles. The van der Waals surface area contributed by atoms with Gasteiger partial charge in [-0.15, -0.1) is 0 Å². The normalized spacial score (nSPS) is 9.95. The zero-order valence-electron chi connectivity index (χ0n) is 10.8. The molecule has 0 heterocycles. The van der Waals surface area contributed by atoms with Gasteiger partial charge in [-0.25, -0.2) is 4.39 Å². The largest absolute Gasteiger partial charge is 0.381 e. The predicted molar refractivity (Wildman–Crippen MR) is 74.3 cm³/mol. The second-order valence-corrected chi connectivity index (χ2v) is 4.32. The Bertz CT molecular complexity index is 597. The maximum absolute atomic E-state index is 13.7. The number of aryl methyl sites for hydroxylation is 1. The zero-order chi connectivity index (χ0) is 13.7. The maximum Gasteiger partial charge on any atom is 0.129 e. The summed E-state index contributed by atoms with van der Waals surface area (Å²) < 4.78 is 13.7. The summed E-state index contributed by atoms with van der Waals surface area (Å²) in [6.45, 7) is 2.51. The summed E-state index contributed by atoms with van der Waals surface area (Å²) in [5, 5.41) is 11.8. The van der Waals surface area contributed by atoms with E-state index in [9.17, 15) is 4.39 Å². The first-order valence-corrected chi connectivity index (χ1v) is 6.24. The van der Waals surface area contributed by atoms with Crippen LogP contribution < -0.4 is 5.32 Å². The van der Waals surface area contributed by atoms with Crippen LogP contribution in [0.4, 0.5) is 10.1 Å². The summed E-state index contributed by atoms with van der Waals surface area (Å²) in [5.41, 5.74) is 3.13. The Morgan fingerprint density at radius 3 is 2.47 bits per heavy atom. The van der Waals surface area contributed by atoms with Crippen molar-refractivity contribution < 1.29 is 4.39 Å². The molecule has 0 aliphatic rings. The first-order chi connectivity index (χ1) is 9.22. The average molecular weight is 254 g/mol. The molecule has 19 heavy (non-hydrogen) atoms. The molecule has 0 aromatic heterocycles. The summed E-state index contributed by atoms with van der Waals surface area (Å²) in [4.78, 5) is 0. The highest BCUT2D eigenvalue weighted by Gasteiger charge is 2.03. The monoisotopic (exact) mass is 254 g/mol. The molecule has 0 spiro atoms. The van der Waals surface area contributed by atoms with Gasteiger partial charge >= 0.3 is 0 Å². The van der Waals surface area contributed by atoms with Gasteiger partial charge in [0.1, 0.15) is 5.82 Å². The van der Waals surface area contributed by atoms with Crippen molar-refractivity contribution in [2.75, 3.05) is 5.32 Å². The van der Waals surface area contributed by atoms with E-state index in [1.807, 2.05) is 18.2 Å². The second kappa shape index (κ2) is 6.01. The van der Waals surface area contributed by atoms with Crippen LogP contribution >= 0.6 is 0 Å². The molecule has 0 atom stereocenters. The molecular weight excluding hydrogens is 239 g/mol. The van der Waals surface area contributed by atoms with E-state index in [0.717, 1.165) is 12.1 Å². The quantitative estimate of drug-likeness (QED) is 0.899. The van der Waals surface area contributed by atoms with Gasteiger partial charge in [0.25, 0.3) is 0 Å². The van der Waals surface area contributed by atoms with E-state index in [-0.39, 0.29) is 5.82 Å². The number of rotatable bonds is 4. The van der Waals surface area contributed by atoms with Crippen LogP contribution in [-0.4, -0.2) is 0 Å². The molecule has 2 rings (SSSR count). The van der Waals surface area contributed by atoms with Crippen LogP contribution in [0.2, 0.25) is 0 Å². The van der Waals surface area contributed by atoms with Crippen LogP contribution in [0, 0.1) is 17.1 Å². The maximum atomic E-state index is 13.7. The van der Waals surface area contributed by atoms with Crippen molar-refractivity contribution in [2.24, 2.45) is 0 Å². The Kier molecular flexibility index (Phi) is 4.15. The Balaban J connectivity index is 2.04. The Labute approximate surface area is 112 Å². The molecule has 0 radical (unpaired) electrons. The van der Waals surface area contributed by atoms with Crippen LogP contribution in [-0.2, 0) is 13.0 Å². The van der Waals surface area contributed by atoms with Crippen molar-refractivity contribution in [3.05, 3.63) is 65.0 Å². The molecule has 2 nitrogen and oxygen atoms in total. The molecule has 0 bridgehead atoms. The molecule has 1 N–H and O–H groups in total. The predicted octanol–water partition coefficient (Wildman–Crippen LogP) is 3.87. The number of anilines is 1. The van der Waals surface area contributed by atoms with Crippen molar-refractivity contribution in [1.29, 1.82) is 5.26 Å². The molecule has 2 aromatic carbocycles. The molecule has 0 aliphatic carbocycles. The molecule has 3 heteroatoms.